The van der Waals surface area contributed by atoms with Gasteiger partial charge in [0.25, 0.3) is 0 Å². The van der Waals surface area contributed by atoms with Crippen LogP contribution in [-0.2, 0) is 0 Å². The first-order valence-electron chi connectivity index (χ1n) is 6.53. The fourth-order valence-corrected chi connectivity index (χ4v) is 2.05. The van der Waals surface area contributed by atoms with E-state index in [1.54, 1.807) is 0 Å². The van der Waals surface area contributed by atoms with Crippen molar-refractivity contribution in [3.05, 3.63) is 0 Å². The zero-order valence-corrected chi connectivity index (χ0v) is 11.3. The van der Waals surface area contributed by atoms with Crippen molar-refractivity contribution in [1.29, 1.82) is 0 Å². The summed E-state index contributed by atoms with van der Waals surface area (Å²) < 4.78 is 0. The molecule has 0 rings (SSSR count). The summed E-state index contributed by atoms with van der Waals surface area (Å²) in [5, 5.41) is 0. The van der Waals surface area contributed by atoms with Crippen LogP contribution >= 0.6 is 0 Å². The van der Waals surface area contributed by atoms with E-state index in [1.165, 1.54) is 38.5 Å². The van der Waals surface area contributed by atoms with Gasteiger partial charge in [-0.1, -0.05) is 59.3 Å². The highest BCUT2D eigenvalue weighted by molar-refractivity contribution is 5.04. The Morgan fingerprint density at radius 3 is 2.27 bits per heavy atom. The molecule has 88 valence electrons. The quantitative estimate of drug-likeness (QED) is 0.406. The molecule has 0 aliphatic rings. The van der Waals surface area contributed by atoms with Crippen molar-refractivity contribution in [3.8, 4) is 11.8 Å². The molecule has 0 aliphatic heterocycles. The second kappa shape index (κ2) is 7.80. The van der Waals surface area contributed by atoms with Crippen LogP contribution in [-0.4, -0.2) is 0 Å². The fraction of sp³-hybridized carbons (Fsp3) is 0.867. The van der Waals surface area contributed by atoms with E-state index in [4.69, 9.17) is 0 Å². The van der Waals surface area contributed by atoms with Gasteiger partial charge in [-0.2, -0.15) is 0 Å². The highest BCUT2D eigenvalue weighted by Crippen LogP contribution is 2.36. The van der Waals surface area contributed by atoms with Gasteiger partial charge < -0.3 is 0 Å². The SMILES string of the molecule is CC#CC(C)C(C)(CC)CCCCCC. The maximum Gasteiger partial charge on any atom is 0.0228 e. The van der Waals surface area contributed by atoms with Crippen LogP contribution in [0.3, 0.4) is 0 Å². The van der Waals surface area contributed by atoms with Gasteiger partial charge in [0.05, 0.1) is 0 Å². The molecule has 0 aromatic rings. The average molecular weight is 208 g/mol. The fourth-order valence-electron chi connectivity index (χ4n) is 2.05. The third-order valence-electron chi connectivity index (χ3n) is 3.82. The minimum Gasteiger partial charge on any atom is -0.106 e. The van der Waals surface area contributed by atoms with E-state index in [0.29, 0.717) is 11.3 Å². The summed E-state index contributed by atoms with van der Waals surface area (Å²) in [6, 6.07) is 0. The van der Waals surface area contributed by atoms with E-state index in [1.807, 2.05) is 6.92 Å². The Balaban J connectivity index is 4.10. The first kappa shape index (κ1) is 14.6. The molecular formula is C15H28. The molecule has 0 bridgehead atoms. The maximum atomic E-state index is 3.33. The summed E-state index contributed by atoms with van der Waals surface area (Å²) in [5.41, 5.74) is 0.427. The molecule has 0 aromatic heterocycles. The summed E-state index contributed by atoms with van der Waals surface area (Å²) in [6.07, 6.45) is 8.04. The van der Waals surface area contributed by atoms with Gasteiger partial charge in [-0.05, 0) is 25.2 Å². The molecule has 0 amide bonds. The number of rotatable bonds is 7. The lowest BCUT2D eigenvalue weighted by atomic mass is 9.72. The molecule has 15 heavy (non-hydrogen) atoms. The van der Waals surface area contributed by atoms with Gasteiger partial charge in [-0.3, -0.25) is 0 Å². The van der Waals surface area contributed by atoms with Crippen LogP contribution in [0.4, 0.5) is 0 Å². The van der Waals surface area contributed by atoms with E-state index < -0.39 is 0 Å². The topological polar surface area (TPSA) is 0 Å². The molecule has 0 fully saturated rings. The molecule has 0 heteroatoms. The maximum absolute atomic E-state index is 3.33. The Bertz CT molecular complexity index is 206. The minimum absolute atomic E-state index is 0.427. The molecule has 0 aliphatic carbocycles. The summed E-state index contributed by atoms with van der Waals surface area (Å²) >= 11 is 0. The van der Waals surface area contributed by atoms with Crippen molar-refractivity contribution in [2.45, 2.75) is 73.1 Å². The van der Waals surface area contributed by atoms with E-state index in [0.717, 1.165) is 0 Å². The molecule has 0 spiro atoms. The lowest BCUT2D eigenvalue weighted by molar-refractivity contribution is 0.211. The van der Waals surface area contributed by atoms with Crippen LogP contribution in [0.1, 0.15) is 73.1 Å². The van der Waals surface area contributed by atoms with E-state index in [9.17, 15) is 0 Å². The highest BCUT2D eigenvalue weighted by Gasteiger charge is 2.27. The van der Waals surface area contributed by atoms with Crippen LogP contribution in [0.2, 0.25) is 0 Å². The second-order valence-corrected chi connectivity index (χ2v) is 4.93. The van der Waals surface area contributed by atoms with Crippen molar-refractivity contribution in [1.82, 2.24) is 0 Å². The predicted molar refractivity (Wildman–Crippen MR) is 69.8 cm³/mol. The van der Waals surface area contributed by atoms with Gasteiger partial charge in [0, 0.05) is 5.92 Å². The third-order valence-corrected chi connectivity index (χ3v) is 3.82. The van der Waals surface area contributed by atoms with Crippen LogP contribution in [0, 0.1) is 23.2 Å². The Morgan fingerprint density at radius 2 is 1.80 bits per heavy atom. The van der Waals surface area contributed by atoms with Crippen LogP contribution in [0.5, 0.6) is 0 Å². The summed E-state index contributed by atoms with van der Waals surface area (Å²) in [6.45, 7) is 11.2. The monoisotopic (exact) mass is 208 g/mol. The molecule has 0 N–H and O–H groups in total. The standard InChI is InChI=1S/C15H28/c1-6-9-10-11-13-15(5,8-3)14(4)12-7-2/h14H,6,8-11,13H2,1-5H3. The molecule has 0 nitrogen and oxygen atoms in total. The van der Waals surface area contributed by atoms with Gasteiger partial charge in [0.1, 0.15) is 0 Å². The first-order chi connectivity index (χ1) is 7.10. The normalized spacial score (nSPS) is 16.3. The van der Waals surface area contributed by atoms with E-state index in [-0.39, 0.29) is 0 Å². The van der Waals surface area contributed by atoms with Gasteiger partial charge >= 0.3 is 0 Å². The van der Waals surface area contributed by atoms with Crippen molar-refractivity contribution < 1.29 is 0 Å². The smallest absolute Gasteiger partial charge is 0.0228 e. The number of hydrogen-bond acceptors (Lipinski definition) is 0. The Hall–Kier alpha value is -0.440. The van der Waals surface area contributed by atoms with Crippen LogP contribution in [0.25, 0.3) is 0 Å². The lowest BCUT2D eigenvalue weighted by Crippen LogP contribution is -2.23. The van der Waals surface area contributed by atoms with Gasteiger partial charge in [-0.25, -0.2) is 0 Å². The number of unbranched alkanes of at least 4 members (excludes halogenated alkanes) is 3. The molecular weight excluding hydrogens is 180 g/mol. The first-order valence-corrected chi connectivity index (χ1v) is 6.53. The van der Waals surface area contributed by atoms with Gasteiger partial charge in [-0.15, -0.1) is 5.92 Å². The Labute approximate surface area is 96.8 Å². The zero-order chi connectivity index (χ0) is 11.7. The van der Waals surface area contributed by atoms with Crippen LogP contribution < -0.4 is 0 Å². The highest BCUT2D eigenvalue weighted by atomic mass is 14.3. The molecule has 0 saturated carbocycles. The van der Waals surface area contributed by atoms with Crippen molar-refractivity contribution in [2.75, 3.05) is 0 Å². The molecule has 0 saturated heterocycles. The minimum atomic E-state index is 0.427. The zero-order valence-electron chi connectivity index (χ0n) is 11.3. The Kier molecular flexibility index (Phi) is 7.57. The summed E-state index contributed by atoms with van der Waals surface area (Å²) in [7, 11) is 0. The summed E-state index contributed by atoms with van der Waals surface area (Å²) in [5.74, 6) is 6.92. The van der Waals surface area contributed by atoms with Gasteiger partial charge in [0.15, 0.2) is 0 Å². The second-order valence-electron chi connectivity index (χ2n) is 4.93. The average Bonchev–Trinajstić information content (AvgIpc) is 2.24. The largest absolute Gasteiger partial charge is 0.106 e. The van der Waals surface area contributed by atoms with Crippen molar-refractivity contribution >= 4 is 0 Å². The van der Waals surface area contributed by atoms with E-state index in [2.05, 4.69) is 39.5 Å². The lowest BCUT2D eigenvalue weighted by Gasteiger charge is -2.32. The molecule has 2 atom stereocenters. The van der Waals surface area contributed by atoms with E-state index >= 15 is 0 Å². The van der Waals surface area contributed by atoms with Crippen molar-refractivity contribution in [3.63, 3.8) is 0 Å². The molecule has 0 radical (unpaired) electrons. The van der Waals surface area contributed by atoms with Crippen LogP contribution in [0.15, 0.2) is 0 Å². The summed E-state index contributed by atoms with van der Waals surface area (Å²) in [4.78, 5) is 0. The third kappa shape index (κ3) is 5.26. The molecule has 0 aromatic carbocycles. The van der Waals surface area contributed by atoms with Gasteiger partial charge in [0.2, 0.25) is 0 Å². The predicted octanol–water partition coefficient (Wildman–Crippen LogP) is 5.03. The van der Waals surface area contributed by atoms with Crippen molar-refractivity contribution in [2.24, 2.45) is 11.3 Å². The molecule has 2 unspecified atom stereocenters. The Morgan fingerprint density at radius 1 is 1.13 bits per heavy atom. The molecule has 0 heterocycles. The number of hydrogen-bond donors (Lipinski definition) is 0.